The summed E-state index contributed by atoms with van der Waals surface area (Å²) in [6.07, 6.45) is 2.89. The van der Waals surface area contributed by atoms with Gasteiger partial charge in [0.05, 0.1) is 19.4 Å². The standard InChI is InChI=1S/C22H18FN5O3S/c1-31-17-8-2-14(3-9-17)12-28-21(30)19-20(25-11-10-24-19)27-22(28)32-13-18(29)26-16-6-4-15(23)5-7-16/h2-11H,12-13H2,1H3,(H,26,29). The average molecular weight is 451 g/mol. The zero-order valence-electron chi connectivity index (χ0n) is 17.0. The number of rotatable bonds is 7. The van der Waals surface area contributed by atoms with Crippen molar-refractivity contribution in [2.24, 2.45) is 0 Å². The number of anilines is 1. The molecule has 0 spiro atoms. The van der Waals surface area contributed by atoms with E-state index < -0.39 is 0 Å². The minimum atomic E-state index is -0.388. The van der Waals surface area contributed by atoms with Crippen LogP contribution in [0.25, 0.3) is 11.2 Å². The lowest BCUT2D eigenvalue weighted by atomic mass is 10.2. The van der Waals surface area contributed by atoms with Crippen molar-refractivity contribution in [1.29, 1.82) is 0 Å². The number of aromatic nitrogens is 4. The number of fused-ring (bicyclic) bond motifs is 1. The Kier molecular flexibility index (Phi) is 6.41. The van der Waals surface area contributed by atoms with Gasteiger partial charge in [0.25, 0.3) is 5.56 Å². The van der Waals surface area contributed by atoms with Crippen molar-refractivity contribution in [2.75, 3.05) is 18.2 Å². The largest absolute Gasteiger partial charge is 0.497 e. The summed E-state index contributed by atoms with van der Waals surface area (Å²) in [6, 6.07) is 12.8. The summed E-state index contributed by atoms with van der Waals surface area (Å²) < 4.78 is 19.7. The average Bonchev–Trinajstić information content (AvgIpc) is 2.82. The van der Waals surface area contributed by atoms with Crippen molar-refractivity contribution in [3.8, 4) is 5.75 Å². The lowest BCUT2D eigenvalue weighted by molar-refractivity contribution is -0.113. The molecule has 4 rings (SSSR count). The maximum atomic E-state index is 13.1. The molecule has 32 heavy (non-hydrogen) atoms. The van der Waals surface area contributed by atoms with Gasteiger partial charge in [0.1, 0.15) is 11.6 Å². The Morgan fingerprint density at radius 2 is 1.81 bits per heavy atom. The van der Waals surface area contributed by atoms with E-state index in [2.05, 4.69) is 20.3 Å². The van der Waals surface area contributed by atoms with E-state index in [1.165, 1.54) is 41.2 Å². The third-order valence-electron chi connectivity index (χ3n) is 4.52. The van der Waals surface area contributed by atoms with E-state index in [0.29, 0.717) is 16.6 Å². The molecule has 4 aromatic rings. The zero-order valence-corrected chi connectivity index (χ0v) is 17.8. The van der Waals surface area contributed by atoms with Gasteiger partial charge < -0.3 is 10.1 Å². The van der Waals surface area contributed by atoms with E-state index in [0.717, 1.165) is 17.3 Å². The number of carbonyl (C=O) groups excluding carboxylic acids is 1. The summed E-state index contributed by atoms with van der Waals surface area (Å²) in [4.78, 5) is 38.2. The highest BCUT2D eigenvalue weighted by Crippen LogP contribution is 2.19. The third kappa shape index (κ3) is 4.92. The molecule has 10 heteroatoms. The molecule has 1 amide bonds. The Hall–Kier alpha value is -3.79. The molecule has 0 aliphatic carbocycles. The van der Waals surface area contributed by atoms with Gasteiger partial charge in [0, 0.05) is 18.1 Å². The maximum Gasteiger partial charge on any atom is 0.282 e. The topological polar surface area (TPSA) is 99.0 Å². The molecule has 2 aromatic heterocycles. The molecular formula is C22H18FN5O3S. The van der Waals surface area contributed by atoms with E-state index in [1.54, 1.807) is 19.2 Å². The first-order valence-corrected chi connectivity index (χ1v) is 10.5. The minimum absolute atomic E-state index is 0.00179. The molecule has 2 heterocycles. The molecule has 1 N–H and O–H groups in total. The normalized spacial score (nSPS) is 10.8. The molecule has 0 fully saturated rings. The van der Waals surface area contributed by atoms with Crippen LogP contribution in [0, 0.1) is 5.82 Å². The van der Waals surface area contributed by atoms with Crippen LogP contribution in [0.5, 0.6) is 5.75 Å². The number of carbonyl (C=O) groups is 1. The molecule has 0 saturated heterocycles. The van der Waals surface area contributed by atoms with Gasteiger partial charge >= 0.3 is 0 Å². The number of amides is 1. The second kappa shape index (κ2) is 9.56. The summed E-state index contributed by atoms with van der Waals surface area (Å²) >= 11 is 1.11. The highest BCUT2D eigenvalue weighted by atomic mass is 32.2. The molecule has 2 aromatic carbocycles. The van der Waals surface area contributed by atoms with E-state index >= 15 is 0 Å². The van der Waals surface area contributed by atoms with Crippen LogP contribution >= 0.6 is 11.8 Å². The quantitative estimate of drug-likeness (QED) is 0.340. The zero-order chi connectivity index (χ0) is 22.5. The number of nitrogens with one attached hydrogen (secondary N) is 1. The van der Waals surface area contributed by atoms with E-state index in [4.69, 9.17) is 4.74 Å². The Morgan fingerprint density at radius 1 is 1.09 bits per heavy atom. The molecule has 0 atom stereocenters. The number of hydrogen-bond acceptors (Lipinski definition) is 7. The SMILES string of the molecule is COc1ccc(Cn2c(SCC(=O)Nc3ccc(F)cc3)nc3nccnc3c2=O)cc1. The van der Waals surface area contributed by atoms with Crippen LogP contribution in [-0.2, 0) is 11.3 Å². The second-order valence-corrected chi connectivity index (χ2v) is 7.65. The summed E-state index contributed by atoms with van der Waals surface area (Å²) in [6.45, 7) is 0.240. The van der Waals surface area contributed by atoms with Gasteiger partial charge in [-0.15, -0.1) is 0 Å². The summed E-state index contributed by atoms with van der Waals surface area (Å²) in [7, 11) is 1.58. The third-order valence-corrected chi connectivity index (χ3v) is 5.50. The van der Waals surface area contributed by atoms with Crippen molar-refractivity contribution in [3.63, 3.8) is 0 Å². The highest BCUT2D eigenvalue weighted by molar-refractivity contribution is 7.99. The maximum absolute atomic E-state index is 13.1. The van der Waals surface area contributed by atoms with Crippen molar-refractivity contribution in [1.82, 2.24) is 19.5 Å². The van der Waals surface area contributed by atoms with Gasteiger partial charge in [-0.05, 0) is 42.0 Å². The molecule has 0 bridgehead atoms. The highest BCUT2D eigenvalue weighted by Gasteiger charge is 2.15. The number of benzene rings is 2. The molecule has 0 unspecified atom stereocenters. The van der Waals surface area contributed by atoms with Crippen LogP contribution in [0.1, 0.15) is 5.56 Å². The molecule has 0 saturated carbocycles. The van der Waals surface area contributed by atoms with Crippen molar-refractivity contribution in [2.45, 2.75) is 11.7 Å². The first-order valence-electron chi connectivity index (χ1n) is 9.56. The van der Waals surface area contributed by atoms with E-state index in [1.807, 2.05) is 12.1 Å². The van der Waals surface area contributed by atoms with Gasteiger partial charge in [-0.3, -0.25) is 14.2 Å². The molecular weight excluding hydrogens is 433 g/mol. The lowest BCUT2D eigenvalue weighted by Crippen LogP contribution is -2.25. The fraction of sp³-hybridized carbons (Fsp3) is 0.136. The Labute approximate surface area is 186 Å². The number of hydrogen-bond donors (Lipinski definition) is 1. The van der Waals surface area contributed by atoms with E-state index in [-0.39, 0.29) is 40.7 Å². The van der Waals surface area contributed by atoms with Crippen molar-refractivity contribution < 1.29 is 13.9 Å². The second-order valence-electron chi connectivity index (χ2n) is 6.71. The van der Waals surface area contributed by atoms with Gasteiger partial charge in [-0.2, -0.15) is 0 Å². The molecule has 0 aliphatic rings. The van der Waals surface area contributed by atoms with Crippen molar-refractivity contribution in [3.05, 3.63) is 82.7 Å². The van der Waals surface area contributed by atoms with E-state index in [9.17, 15) is 14.0 Å². The van der Waals surface area contributed by atoms with Gasteiger partial charge in [0.2, 0.25) is 5.91 Å². The van der Waals surface area contributed by atoms with Crippen LogP contribution < -0.4 is 15.6 Å². The summed E-state index contributed by atoms with van der Waals surface area (Å²) in [5.74, 6) is 0.00113. The van der Waals surface area contributed by atoms with Gasteiger partial charge in [0.15, 0.2) is 16.3 Å². The first kappa shape index (κ1) is 21.4. The monoisotopic (exact) mass is 451 g/mol. The number of thioether (sulfide) groups is 1. The Bertz CT molecular complexity index is 1310. The van der Waals surface area contributed by atoms with Crippen LogP contribution in [-0.4, -0.2) is 38.3 Å². The molecule has 162 valence electrons. The summed E-state index contributed by atoms with van der Waals surface area (Å²) in [5.41, 5.74) is 1.35. The number of ether oxygens (including phenoxy) is 1. The van der Waals surface area contributed by atoms with Crippen LogP contribution in [0.2, 0.25) is 0 Å². The van der Waals surface area contributed by atoms with Gasteiger partial charge in [-0.25, -0.2) is 19.3 Å². The fourth-order valence-electron chi connectivity index (χ4n) is 2.95. The number of halogens is 1. The molecule has 0 aliphatic heterocycles. The lowest BCUT2D eigenvalue weighted by Gasteiger charge is -2.13. The molecule has 0 radical (unpaired) electrons. The Balaban J connectivity index is 1.59. The predicted molar refractivity (Wildman–Crippen MR) is 119 cm³/mol. The van der Waals surface area contributed by atoms with Crippen molar-refractivity contribution >= 4 is 34.5 Å². The Morgan fingerprint density at radius 3 is 2.53 bits per heavy atom. The molecule has 8 nitrogen and oxygen atoms in total. The number of nitrogens with zero attached hydrogens (tertiary/aromatic N) is 4. The summed E-state index contributed by atoms with van der Waals surface area (Å²) in [5, 5.41) is 3.03. The fourth-order valence-corrected chi connectivity index (χ4v) is 3.74. The predicted octanol–water partition coefficient (Wildman–Crippen LogP) is 3.11. The minimum Gasteiger partial charge on any atom is -0.497 e. The van der Waals surface area contributed by atoms with Crippen LogP contribution in [0.4, 0.5) is 10.1 Å². The smallest absolute Gasteiger partial charge is 0.282 e. The first-order chi connectivity index (χ1) is 15.5. The number of methoxy groups -OCH3 is 1. The van der Waals surface area contributed by atoms with Crippen LogP contribution in [0.3, 0.4) is 0 Å². The van der Waals surface area contributed by atoms with Crippen LogP contribution in [0.15, 0.2) is 70.9 Å². The van der Waals surface area contributed by atoms with Gasteiger partial charge in [-0.1, -0.05) is 23.9 Å².